The number of ether oxygens (including phenoxy) is 1. The number of pyridine rings is 1. The molecule has 0 spiro atoms. The van der Waals surface area contributed by atoms with E-state index in [0.717, 1.165) is 43.2 Å². The van der Waals surface area contributed by atoms with Gasteiger partial charge in [0.2, 0.25) is 0 Å². The summed E-state index contributed by atoms with van der Waals surface area (Å²) in [5, 5.41) is 6.77. The first-order valence-corrected chi connectivity index (χ1v) is 10.8. The van der Waals surface area contributed by atoms with Crippen molar-refractivity contribution in [2.24, 2.45) is 0 Å². The first kappa shape index (κ1) is 20.5. The fraction of sp³-hybridized carbons (Fsp3) is 0.318. The third-order valence-electron chi connectivity index (χ3n) is 5.39. The molecule has 2 aromatic carbocycles. The lowest BCUT2D eigenvalue weighted by Crippen LogP contribution is -2.36. The molecule has 0 bridgehead atoms. The Morgan fingerprint density at radius 3 is 2.55 bits per heavy atom. The number of rotatable bonds is 5. The molecule has 1 heterocycles. The molecule has 152 valence electrons. The largest absolute Gasteiger partial charge is 0.489 e. The van der Waals surface area contributed by atoms with Crippen LogP contribution in [0.25, 0.3) is 10.8 Å². The van der Waals surface area contributed by atoms with Gasteiger partial charge in [0.25, 0.3) is 5.56 Å². The molecule has 0 aliphatic heterocycles. The molecule has 29 heavy (non-hydrogen) atoms. The number of fused-ring (bicyclic) bond motifs is 1. The summed E-state index contributed by atoms with van der Waals surface area (Å²) in [6.45, 7) is 0.719. The predicted octanol–water partition coefficient (Wildman–Crippen LogP) is 5.97. The average molecular weight is 452 g/mol. The summed E-state index contributed by atoms with van der Waals surface area (Å²) < 4.78 is 6.17. The Hall–Kier alpha value is -1.72. The van der Waals surface area contributed by atoms with E-state index in [4.69, 9.17) is 39.5 Å². The second kappa shape index (κ2) is 8.97. The molecule has 0 atom stereocenters. The van der Waals surface area contributed by atoms with Crippen molar-refractivity contribution in [2.75, 3.05) is 0 Å². The van der Waals surface area contributed by atoms with Crippen LogP contribution in [0.15, 0.2) is 47.4 Å². The van der Waals surface area contributed by atoms with Crippen LogP contribution in [0.5, 0.6) is 5.75 Å². The van der Waals surface area contributed by atoms with Crippen molar-refractivity contribution in [1.82, 2.24) is 10.3 Å². The number of aromatic amines is 1. The van der Waals surface area contributed by atoms with E-state index >= 15 is 0 Å². The zero-order valence-corrected chi connectivity index (χ0v) is 17.9. The lowest BCUT2D eigenvalue weighted by Gasteiger charge is -2.30. The van der Waals surface area contributed by atoms with Gasteiger partial charge in [-0.15, -0.1) is 0 Å². The third-order valence-corrected chi connectivity index (χ3v) is 6.27. The molecule has 0 radical (unpaired) electrons. The maximum atomic E-state index is 11.9. The van der Waals surface area contributed by atoms with Gasteiger partial charge in [-0.25, -0.2) is 0 Å². The molecule has 7 heteroatoms. The highest BCUT2D eigenvalue weighted by Gasteiger charge is 2.23. The zero-order chi connectivity index (χ0) is 20.4. The number of halogens is 3. The van der Waals surface area contributed by atoms with E-state index in [1.165, 1.54) is 0 Å². The van der Waals surface area contributed by atoms with Gasteiger partial charge in [-0.1, -0.05) is 40.9 Å². The van der Waals surface area contributed by atoms with Gasteiger partial charge in [0.15, 0.2) is 0 Å². The van der Waals surface area contributed by atoms with E-state index < -0.39 is 0 Å². The van der Waals surface area contributed by atoms with Crippen molar-refractivity contribution in [3.63, 3.8) is 0 Å². The molecular formula is C22H21Cl3N2O2. The zero-order valence-electron chi connectivity index (χ0n) is 15.7. The van der Waals surface area contributed by atoms with Gasteiger partial charge in [0.05, 0.1) is 11.1 Å². The molecule has 0 saturated heterocycles. The monoisotopic (exact) mass is 450 g/mol. The normalized spacial score (nSPS) is 19.4. The Labute approximate surface area is 184 Å². The topological polar surface area (TPSA) is 54.1 Å². The van der Waals surface area contributed by atoms with Crippen molar-refractivity contribution >= 4 is 45.6 Å². The number of benzene rings is 2. The molecule has 1 aliphatic rings. The number of aromatic nitrogens is 1. The Kier molecular flexibility index (Phi) is 6.35. The van der Waals surface area contributed by atoms with Gasteiger partial charge in [0.1, 0.15) is 5.75 Å². The third kappa shape index (κ3) is 4.89. The van der Waals surface area contributed by atoms with E-state index in [1.54, 1.807) is 18.3 Å². The van der Waals surface area contributed by atoms with E-state index in [9.17, 15) is 4.79 Å². The molecular weight excluding hydrogens is 431 g/mol. The van der Waals surface area contributed by atoms with E-state index in [0.29, 0.717) is 32.2 Å². The van der Waals surface area contributed by atoms with Crippen molar-refractivity contribution in [2.45, 2.75) is 44.4 Å². The Bertz CT molecular complexity index is 1080. The minimum Gasteiger partial charge on any atom is -0.489 e. The van der Waals surface area contributed by atoms with Crippen LogP contribution in [0, 0.1) is 0 Å². The number of nitrogens with one attached hydrogen (secondary N) is 2. The summed E-state index contributed by atoms with van der Waals surface area (Å²) in [4.78, 5) is 14.6. The average Bonchev–Trinajstić information content (AvgIpc) is 2.70. The Morgan fingerprint density at radius 2 is 1.79 bits per heavy atom. The van der Waals surface area contributed by atoms with Gasteiger partial charge in [-0.2, -0.15) is 0 Å². The number of H-pyrrole nitrogens is 1. The second-order valence-corrected chi connectivity index (χ2v) is 8.64. The van der Waals surface area contributed by atoms with Gasteiger partial charge >= 0.3 is 0 Å². The van der Waals surface area contributed by atoms with E-state index in [-0.39, 0.29) is 11.7 Å². The molecule has 2 N–H and O–H groups in total. The molecule has 3 aromatic rings. The lowest BCUT2D eigenvalue weighted by atomic mass is 9.92. The molecule has 1 fully saturated rings. The smallest absolute Gasteiger partial charge is 0.255 e. The Balaban J connectivity index is 1.33. The highest BCUT2D eigenvalue weighted by Crippen LogP contribution is 2.32. The van der Waals surface area contributed by atoms with Gasteiger partial charge in [0, 0.05) is 34.2 Å². The van der Waals surface area contributed by atoms with Crippen molar-refractivity contribution in [1.29, 1.82) is 0 Å². The first-order valence-electron chi connectivity index (χ1n) is 9.64. The molecule has 4 rings (SSSR count). The standard InChI is InChI=1S/C22H21Cl3N2O2/c23-15-2-1-14(19(24)10-15)12-27-16-3-5-17(6-4-16)29-21-9-13-7-8-26-22(28)18(13)11-20(21)25/h1-2,7-11,16-17,27H,3-6,12H2,(H,26,28)/t16-,17-. The number of hydrogen-bond acceptors (Lipinski definition) is 3. The van der Waals surface area contributed by atoms with Crippen LogP contribution in [0.2, 0.25) is 15.1 Å². The van der Waals surface area contributed by atoms with Gasteiger partial charge < -0.3 is 15.0 Å². The van der Waals surface area contributed by atoms with E-state index in [1.807, 2.05) is 24.3 Å². The van der Waals surface area contributed by atoms with Crippen LogP contribution >= 0.6 is 34.8 Å². The molecule has 1 aliphatic carbocycles. The number of hydrogen-bond donors (Lipinski definition) is 2. The van der Waals surface area contributed by atoms with Gasteiger partial charge in [-0.3, -0.25) is 4.79 Å². The second-order valence-electron chi connectivity index (χ2n) is 7.38. The Morgan fingerprint density at radius 1 is 1.00 bits per heavy atom. The van der Waals surface area contributed by atoms with Crippen LogP contribution in [-0.2, 0) is 6.54 Å². The van der Waals surface area contributed by atoms with Crippen molar-refractivity contribution in [3.05, 3.63) is 73.6 Å². The van der Waals surface area contributed by atoms with Crippen LogP contribution in [-0.4, -0.2) is 17.1 Å². The fourth-order valence-corrected chi connectivity index (χ4v) is 4.45. The summed E-state index contributed by atoms with van der Waals surface area (Å²) in [6.07, 6.45) is 5.66. The molecule has 0 amide bonds. The minimum atomic E-state index is -0.150. The quantitative estimate of drug-likeness (QED) is 0.502. The molecule has 4 nitrogen and oxygen atoms in total. The van der Waals surface area contributed by atoms with Crippen LogP contribution in [0.3, 0.4) is 0 Å². The van der Waals surface area contributed by atoms with Crippen molar-refractivity contribution in [3.8, 4) is 5.75 Å². The lowest BCUT2D eigenvalue weighted by molar-refractivity contribution is 0.139. The summed E-state index contributed by atoms with van der Waals surface area (Å²) >= 11 is 18.6. The maximum Gasteiger partial charge on any atom is 0.255 e. The SMILES string of the molecule is O=c1[nH]ccc2cc(O[C@H]3CC[C@H](NCc4ccc(Cl)cc4Cl)CC3)c(Cl)cc12. The molecule has 0 unspecified atom stereocenters. The summed E-state index contributed by atoms with van der Waals surface area (Å²) in [7, 11) is 0. The fourth-order valence-electron chi connectivity index (χ4n) is 3.76. The molecule has 1 saturated carbocycles. The van der Waals surface area contributed by atoms with Gasteiger partial charge in [-0.05, 0) is 67.0 Å². The molecule has 1 aromatic heterocycles. The first-order chi connectivity index (χ1) is 14.0. The summed E-state index contributed by atoms with van der Waals surface area (Å²) in [5.41, 5.74) is 0.899. The summed E-state index contributed by atoms with van der Waals surface area (Å²) in [5.74, 6) is 0.633. The predicted molar refractivity (Wildman–Crippen MR) is 120 cm³/mol. The van der Waals surface area contributed by atoms with E-state index in [2.05, 4.69) is 10.3 Å². The van der Waals surface area contributed by atoms with Crippen LogP contribution in [0.4, 0.5) is 0 Å². The highest BCUT2D eigenvalue weighted by atomic mass is 35.5. The summed E-state index contributed by atoms with van der Waals surface area (Å²) in [6, 6.07) is 11.4. The van der Waals surface area contributed by atoms with Crippen LogP contribution < -0.4 is 15.6 Å². The maximum absolute atomic E-state index is 11.9. The van der Waals surface area contributed by atoms with Crippen molar-refractivity contribution < 1.29 is 4.74 Å². The highest BCUT2D eigenvalue weighted by molar-refractivity contribution is 6.35. The minimum absolute atomic E-state index is 0.115. The van der Waals surface area contributed by atoms with Crippen LogP contribution in [0.1, 0.15) is 31.2 Å².